The van der Waals surface area contributed by atoms with E-state index in [4.69, 9.17) is 10.3 Å². The number of nitrogen functional groups attached to an aromatic ring is 1. The van der Waals surface area contributed by atoms with Gasteiger partial charge in [-0.25, -0.2) is 4.98 Å². The van der Waals surface area contributed by atoms with Crippen LogP contribution in [0.4, 0.5) is 5.82 Å². The Balaban J connectivity index is 2.00. The molecule has 0 saturated carbocycles. The molecule has 19 heavy (non-hydrogen) atoms. The van der Waals surface area contributed by atoms with Crippen LogP contribution < -0.4 is 5.73 Å². The van der Waals surface area contributed by atoms with Crippen LogP contribution in [0.1, 0.15) is 5.56 Å². The van der Waals surface area contributed by atoms with Gasteiger partial charge in [-0.3, -0.25) is 0 Å². The normalized spacial score (nSPS) is 10.6. The second-order valence-electron chi connectivity index (χ2n) is 4.21. The lowest BCUT2D eigenvalue weighted by Gasteiger charge is -1.98. The quantitative estimate of drug-likeness (QED) is 0.758. The molecule has 2 N–H and O–H groups in total. The highest BCUT2D eigenvalue weighted by atomic mass is 16.5. The summed E-state index contributed by atoms with van der Waals surface area (Å²) in [6.07, 6.45) is 1.62. The maximum atomic E-state index is 5.54. The number of rotatable bonds is 2. The zero-order chi connectivity index (χ0) is 13.2. The summed E-state index contributed by atoms with van der Waals surface area (Å²) in [5, 5.41) is 4.00. The predicted molar refractivity (Wildman–Crippen MR) is 72.1 cm³/mol. The average Bonchev–Trinajstić information content (AvgIpc) is 2.89. The maximum Gasteiger partial charge on any atom is 0.259 e. The van der Waals surface area contributed by atoms with Crippen molar-refractivity contribution in [2.24, 2.45) is 0 Å². The Kier molecular flexibility index (Phi) is 2.72. The first-order chi connectivity index (χ1) is 9.24. The van der Waals surface area contributed by atoms with E-state index in [1.54, 1.807) is 18.3 Å². The molecule has 5 heteroatoms. The summed E-state index contributed by atoms with van der Waals surface area (Å²) in [5.74, 6) is 1.47. The molecule has 0 amide bonds. The first-order valence-corrected chi connectivity index (χ1v) is 5.85. The molecule has 2 aromatic heterocycles. The van der Waals surface area contributed by atoms with Crippen LogP contribution in [0.3, 0.4) is 0 Å². The van der Waals surface area contributed by atoms with E-state index in [1.165, 1.54) is 0 Å². The van der Waals surface area contributed by atoms with Crippen LogP contribution in [0.2, 0.25) is 0 Å². The number of hydrogen-bond acceptors (Lipinski definition) is 5. The van der Waals surface area contributed by atoms with Crippen molar-refractivity contribution in [2.75, 3.05) is 5.73 Å². The molecule has 0 aliphatic rings. The van der Waals surface area contributed by atoms with E-state index >= 15 is 0 Å². The van der Waals surface area contributed by atoms with Crippen molar-refractivity contribution >= 4 is 5.82 Å². The van der Waals surface area contributed by atoms with Crippen LogP contribution in [-0.2, 0) is 0 Å². The average molecular weight is 252 g/mol. The fraction of sp³-hybridized carbons (Fsp3) is 0.0714. The number of pyridine rings is 1. The minimum absolute atomic E-state index is 0.436. The number of benzene rings is 1. The van der Waals surface area contributed by atoms with Gasteiger partial charge >= 0.3 is 0 Å². The minimum Gasteiger partial charge on any atom is -0.384 e. The van der Waals surface area contributed by atoms with Gasteiger partial charge in [-0.2, -0.15) is 4.98 Å². The molecule has 0 radical (unpaired) electrons. The summed E-state index contributed by atoms with van der Waals surface area (Å²) in [5.41, 5.74) is 8.36. The SMILES string of the molecule is Cc1ccccc1-c1noc(-c2ccc(N)nc2)n1. The molecule has 3 aromatic rings. The minimum atomic E-state index is 0.436. The van der Waals surface area contributed by atoms with Crippen LogP contribution in [-0.4, -0.2) is 15.1 Å². The van der Waals surface area contributed by atoms with Crippen molar-refractivity contribution < 1.29 is 4.52 Å². The Bertz CT molecular complexity index is 703. The third-order valence-electron chi connectivity index (χ3n) is 2.85. The molecular weight excluding hydrogens is 240 g/mol. The fourth-order valence-electron chi connectivity index (χ4n) is 1.81. The molecule has 0 fully saturated rings. The molecule has 2 heterocycles. The first-order valence-electron chi connectivity index (χ1n) is 5.85. The zero-order valence-electron chi connectivity index (χ0n) is 10.4. The van der Waals surface area contributed by atoms with E-state index in [1.807, 2.05) is 31.2 Å². The molecule has 0 saturated heterocycles. The van der Waals surface area contributed by atoms with Gasteiger partial charge < -0.3 is 10.3 Å². The summed E-state index contributed by atoms with van der Waals surface area (Å²) in [6.45, 7) is 2.01. The number of hydrogen-bond donors (Lipinski definition) is 1. The van der Waals surface area contributed by atoms with E-state index in [9.17, 15) is 0 Å². The first kappa shape index (κ1) is 11.4. The van der Waals surface area contributed by atoms with Gasteiger partial charge in [0.1, 0.15) is 5.82 Å². The summed E-state index contributed by atoms with van der Waals surface area (Å²) in [4.78, 5) is 8.39. The molecule has 3 rings (SSSR count). The Morgan fingerprint density at radius 3 is 2.68 bits per heavy atom. The molecule has 5 nitrogen and oxygen atoms in total. The van der Waals surface area contributed by atoms with Crippen LogP contribution in [0, 0.1) is 6.92 Å². The van der Waals surface area contributed by atoms with E-state index in [-0.39, 0.29) is 0 Å². The molecule has 0 aliphatic heterocycles. The topological polar surface area (TPSA) is 77.8 Å². The third kappa shape index (κ3) is 2.18. The Morgan fingerprint density at radius 2 is 1.95 bits per heavy atom. The second-order valence-corrected chi connectivity index (χ2v) is 4.21. The molecule has 94 valence electrons. The van der Waals surface area contributed by atoms with Crippen molar-refractivity contribution in [3.05, 3.63) is 48.2 Å². The number of aryl methyl sites for hydroxylation is 1. The van der Waals surface area contributed by atoms with Gasteiger partial charge in [0.2, 0.25) is 5.82 Å². The van der Waals surface area contributed by atoms with Gasteiger partial charge in [-0.05, 0) is 24.6 Å². The summed E-state index contributed by atoms with van der Waals surface area (Å²) in [7, 11) is 0. The van der Waals surface area contributed by atoms with Gasteiger partial charge in [-0.15, -0.1) is 0 Å². The van der Waals surface area contributed by atoms with Crippen molar-refractivity contribution in [1.82, 2.24) is 15.1 Å². The van der Waals surface area contributed by atoms with E-state index in [2.05, 4.69) is 15.1 Å². The fourth-order valence-corrected chi connectivity index (χ4v) is 1.81. The standard InChI is InChI=1S/C14H12N4O/c1-9-4-2-3-5-11(9)13-17-14(19-18-13)10-6-7-12(15)16-8-10/h2-8H,1H3,(H2,15,16). The second kappa shape index (κ2) is 4.53. The lowest BCUT2D eigenvalue weighted by Crippen LogP contribution is -1.89. The van der Waals surface area contributed by atoms with Gasteiger partial charge in [0.15, 0.2) is 0 Å². The number of anilines is 1. The van der Waals surface area contributed by atoms with Crippen molar-refractivity contribution in [3.8, 4) is 22.8 Å². The molecule has 0 bridgehead atoms. The van der Waals surface area contributed by atoms with Crippen LogP contribution >= 0.6 is 0 Å². The van der Waals surface area contributed by atoms with Crippen LogP contribution in [0.25, 0.3) is 22.8 Å². The smallest absolute Gasteiger partial charge is 0.259 e. The van der Waals surface area contributed by atoms with Gasteiger partial charge in [0.25, 0.3) is 5.89 Å². The molecule has 1 aromatic carbocycles. The monoisotopic (exact) mass is 252 g/mol. The Hall–Kier alpha value is -2.69. The van der Waals surface area contributed by atoms with Crippen molar-refractivity contribution in [1.29, 1.82) is 0 Å². The third-order valence-corrected chi connectivity index (χ3v) is 2.85. The summed E-state index contributed by atoms with van der Waals surface area (Å²) >= 11 is 0. The highest BCUT2D eigenvalue weighted by Gasteiger charge is 2.12. The van der Waals surface area contributed by atoms with Gasteiger partial charge in [-0.1, -0.05) is 29.4 Å². The van der Waals surface area contributed by atoms with Crippen molar-refractivity contribution in [3.63, 3.8) is 0 Å². The van der Waals surface area contributed by atoms with Gasteiger partial charge in [0.05, 0.1) is 5.56 Å². The highest BCUT2D eigenvalue weighted by Crippen LogP contribution is 2.24. The predicted octanol–water partition coefficient (Wildman–Crippen LogP) is 2.69. The summed E-state index contributed by atoms with van der Waals surface area (Å²) in [6, 6.07) is 11.4. The van der Waals surface area contributed by atoms with E-state index < -0.39 is 0 Å². The largest absolute Gasteiger partial charge is 0.384 e. The van der Waals surface area contributed by atoms with E-state index in [0.29, 0.717) is 17.5 Å². The number of nitrogens with zero attached hydrogens (tertiary/aromatic N) is 3. The maximum absolute atomic E-state index is 5.54. The lowest BCUT2D eigenvalue weighted by atomic mass is 10.1. The Morgan fingerprint density at radius 1 is 1.11 bits per heavy atom. The van der Waals surface area contributed by atoms with E-state index in [0.717, 1.165) is 16.7 Å². The zero-order valence-corrected chi connectivity index (χ0v) is 10.4. The highest BCUT2D eigenvalue weighted by molar-refractivity contribution is 5.62. The number of aromatic nitrogens is 3. The Labute approximate surface area is 110 Å². The lowest BCUT2D eigenvalue weighted by molar-refractivity contribution is 0.432. The molecule has 0 spiro atoms. The van der Waals surface area contributed by atoms with Crippen LogP contribution in [0.5, 0.6) is 0 Å². The van der Waals surface area contributed by atoms with Crippen LogP contribution in [0.15, 0.2) is 47.1 Å². The number of nitrogens with two attached hydrogens (primary N) is 1. The van der Waals surface area contributed by atoms with Gasteiger partial charge in [0, 0.05) is 11.8 Å². The summed E-state index contributed by atoms with van der Waals surface area (Å²) < 4.78 is 5.26. The molecule has 0 unspecified atom stereocenters. The van der Waals surface area contributed by atoms with Crippen molar-refractivity contribution in [2.45, 2.75) is 6.92 Å². The molecular formula is C14H12N4O. The molecule has 0 aliphatic carbocycles. The molecule has 0 atom stereocenters.